The number of esters is 1. The van der Waals surface area contributed by atoms with Gasteiger partial charge in [-0.1, -0.05) is 6.92 Å². The quantitative estimate of drug-likeness (QED) is 0.738. The average Bonchev–Trinajstić information content (AvgIpc) is 2.91. The number of thiophene rings is 1. The van der Waals surface area contributed by atoms with Crippen LogP contribution in [-0.2, 0) is 17.6 Å². The second kappa shape index (κ2) is 7.66. The number of ether oxygens (including phenoxy) is 1. The predicted molar refractivity (Wildman–Crippen MR) is 101 cm³/mol. The van der Waals surface area contributed by atoms with E-state index in [1.165, 1.54) is 22.4 Å². The molecule has 0 saturated carbocycles. The van der Waals surface area contributed by atoms with E-state index in [1.54, 1.807) is 19.2 Å². The second-order valence-corrected chi connectivity index (χ2v) is 8.14. The van der Waals surface area contributed by atoms with Crippen LogP contribution in [0.3, 0.4) is 0 Å². The van der Waals surface area contributed by atoms with Crippen LogP contribution in [0, 0.1) is 5.92 Å². The number of carbonyl (C=O) groups excluding carboxylic acids is 2. The van der Waals surface area contributed by atoms with Gasteiger partial charge in [0.15, 0.2) is 0 Å². The summed E-state index contributed by atoms with van der Waals surface area (Å²) in [5.41, 5.74) is 1.98. The van der Waals surface area contributed by atoms with Gasteiger partial charge in [-0.15, -0.1) is 11.3 Å². The number of hydrogen-bond acceptors (Lipinski definition) is 5. The molecule has 132 valence electrons. The Kier molecular flexibility index (Phi) is 5.54. The largest absolute Gasteiger partial charge is 0.462 e. The maximum absolute atomic E-state index is 12.6. The summed E-state index contributed by atoms with van der Waals surface area (Å²) in [6.45, 7) is 4.30. The third-order valence-electron chi connectivity index (χ3n) is 4.19. The highest BCUT2D eigenvalue weighted by molar-refractivity contribution is 9.10. The van der Waals surface area contributed by atoms with Gasteiger partial charge >= 0.3 is 5.97 Å². The van der Waals surface area contributed by atoms with Gasteiger partial charge in [-0.25, -0.2) is 4.79 Å². The van der Waals surface area contributed by atoms with Crippen molar-refractivity contribution in [2.75, 3.05) is 11.9 Å². The number of fused-ring (bicyclic) bond motifs is 1. The van der Waals surface area contributed by atoms with Crippen molar-refractivity contribution in [1.29, 1.82) is 0 Å². The van der Waals surface area contributed by atoms with E-state index in [0.717, 1.165) is 29.3 Å². The Hall–Kier alpha value is -1.73. The molecule has 2 heterocycles. The lowest BCUT2D eigenvalue weighted by molar-refractivity contribution is 0.0526. The molecule has 2 aromatic heterocycles. The van der Waals surface area contributed by atoms with E-state index in [2.05, 4.69) is 33.2 Å². The highest BCUT2D eigenvalue weighted by Crippen LogP contribution is 2.40. The first-order valence-corrected chi connectivity index (χ1v) is 9.84. The van der Waals surface area contributed by atoms with Crippen molar-refractivity contribution < 1.29 is 14.3 Å². The molecule has 0 unspecified atom stereocenters. The van der Waals surface area contributed by atoms with Gasteiger partial charge in [0.25, 0.3) is 5.91 Å². The Labute approximate surface area is 158 Å². The Morgan fingerprint density at radius 2 is 2.24 bits per heavy atom. The van der Waals surface area contributed by atoms with Gasteiger partial charge in [-0.3, -0.25) is 9.78 Å². The van der Waals surface area contributed by atoms with Crippen molar-refractivity contribution in [3.05, 3.63) is 44.5 Å². The molecule has 0 aromatic carbocycles. The number of halogens is 1. The topological polar surface area (TPSA) is 68.3 Å². The lowest BCUT2D eigenvalue weighted by atomic mass is 9.88. The van der Waals surface area contributed by atoms with E-state index < -0.39 is 0 Å². The average molecular weight is 423 g/mol. The standard InChI is InChI=1S/C18H19BrN2O3S/c1-3-24-18(23)15-13-5-4-10(2)6-14(13)25-17(15)21-16(22)11-7-12(19)9-20-8-11/h7-10H,3-6H2,1-2H3,(H,21,22)/t10-/m1/s1. The fourth-order valence-corrected chi connectivity index (χ4v) is 4.73. The summed E-state index contributed by atoms with van der Waals surface area (Å²) in [5.74, 6) is -0.0674. The van der Waals surface area contributed by atoms with E-state index >= 15 is 0 Å². The van der Waals surface area contributed by atoms with Crippen LogP contribution in [0.15, 0.2) is 22.9 Å². The van der Waals surface area contributed by atoms with Crippen molar-refractivity contribution in [3.63, 3.8) is 0 Å². The number of amides is 1. The van der Waals surface area contributed by atoms with Crippen molar-refractivity contribution in [2.45, 2.75) is 33.1 Å². The first-order chi connectivity index (χ1) is 12.0. The molecule has 0 saturated heterocycles. The van der Waals surface area contributed by atoms with Gasteiger partial charge in [0.05, 0.1) is 17.7 Å². The first-order valence-electron chi connectivity index (χ1n) is 8.23. The number of carbonyl (C=O) groups is 2. The van der Waals surface area contributed by atoms with E-state index in [4.69, 9.17) is 4.74 Å². The Bertz CT molecular complexity index is 819. The summed E-state index contributed by atoms with van der Waals surface area (Å²) < 4.78 is 5.95. The molecule has 1 amide bonds. The summed E-state index contributed by atoms with van der Waals surface area (Å²) in [4.78, 5) is 30.2. The Morgan fingerprint density at radius 3 is 2.96 bits per heavy atom. The number of anilines is 1. The molecular weight excluding hydrogens is 404 g/mol. The fraction of sp³-hybridized carbons (Fsp3) is 0.389. The van der Waals surface area contributed by atoms with Crippen LogP contribution in [0.25, 0.3) is 0 Å². The smallest absolute Gasteiger partial charge is 0.341 e. The maximum Gasteiger partial charge on any atom is 0.341 e. The zero-order valence-electron chi connectivity index (χ0n) is 14.1. The third-order valence-corrected chi connectivity index (χ3v) is 5.79. The molecule has 7 heteroatoms. The van der Waals surface area contributed by atoms with Crippen LogP contribution < -0.4 is 5.32 Å². The molecule has 5 nitrogen and oxygen atoms in total. The number of aromatic nitrogens is 1. The molecule has 2 aromatic rings. The molecule has 1 atom stereocenters. The van der Waals surface area contributed by atoms with Gasteiger partial charge < -0.3 is 10.1 Å². The molecule has 0 aliphatic heterocycles. The summed E-state index contributed by atoms with van der Waals surface area (Å²) in [7, 11) is 0. The van der Waals surface area contributed by atoms with Crippen LogP contribution in [0.5, 0.6) is 0 Å². The monoisotopic (exact) mass is 422 g/mol. The predicted octanol–water partition coefficient (Wildman–Crippen LogP) is 4.46. The van der Waals surface area contributed by atoms with Crippen LogP contribution in [0.1, 0.15) is 51.4 Å². The molecule has 0 radical (unpaired) electrons. The molecule has 0 fully saturated rings. The summed E-state index contributed by atoms with van der Waals surface area (Å²) >= 11 is 4.80. The molecule has 1 aliphatic rings. The first kappa shape index (κ1) is 18.1. The zero-order valence-corrected chi connectivity index (χ0v) is 16.5. The SMILES string of the molecule is CCOC(=O)c1c(NC(=O)c2cncc(Br)c2)sc2c1CC[C@@H](C)C2. The number of nitrogens with one attached hydrogen (secondary N) is 1. The van der Waals surface area contributed by atoms with Crippen molar-refractivity contribution in [1.82, 2.24) is 4.98 Å². The minimum atomic E-state index is -0.364. The maximum atomic E-state index is 12.6. The van der Waals surface area contributed by atoms with Gasteiger partial charge in [-0.05, 0) is 59.7 Å². The van der Waals surface area contributed by atoms with E-state index in [1.807, 2.05) is 0 Å². The van der Waals surface area contributed by atoms with Crippen LogP contribution in [0.4, 0.5) is 5.00 Å². The molecule has 0 spiro atoms. The van der Waals surface area contributed by atoms with Crippen LogP contribution in [0.2, 0.25) is 0 Å². The summed E-state index contributed by atoms with van der Waals surface area (Å²) in [6, 6.07) is 1.70. The van der Waals surface area contributed by atoms with Gasteiger partial charge in [0, 0.05) is 21.7 Å². The molecule has 1 N–H and O–H groups in total. The highest BCUT2D eigenvalue weighted by Gasteiger charge is 2.29. The lowest BCUT2D eigenvalue weighted by Gasteiger charge is -2.18. The van der Waals surface area contributed by atoms with E-state index in [0.29, 0.717) is 28.7 Å². The van der Waals surface area contributed by atoms with Crippen molar-refractivity contribution in [3.8, 4) is 0 Å². The molecule has 1 aliphatic carbocycles. The number of rotatable bonds is 4. The van der Waals surface area contributed by atoms with Crippen LogP contribution >= 0.6 is 27.3 Å². The zero-order chi connectivity index (χ0) is 18.0. The fourth-order valence-electron chi connectivity index (χ4n) is 2.97. The van der Waals surface area contributed by atoms with E-state index in [9.17, 15) is 9.59 Å². The highest BCUT2D eigenvalue weighted by atomic mass is 79.9. The number of nitrogens with zero attached hydrogens (tertiary/aromatic N) is 1. The number of hydrogen-bond donors (Lipinski definition) is 1. The van der Waals surface area contributed by atoms with E-state index in [-0.39, 0.29) is 11.9 Å². The Morgan fingerprint density at radius 1 is 1.44 bits per heavy atom. The number of pyridine rings is 1. The minimum Gasteiger partial charge on any atom is -0.462 e. The van der Waals surface area contributed by atoms with Gasteiger partial charge in [0.1, 0.15) is 5.00 Å². The molecule has 0 bridgehead atoms. The second-order valence-electron chi connectivity index (χ2n) is 6.12. The molecule has 3 rings (SSSR count). The van der Waals surface area contributed by atoms with Crippen molar-refractivity contribution in [2.24, 2.45) is 5.92 Å². The van der Waals surface area contributed by atoms with Gasteiger partial charge in [-0.2, -0.15) is 0 Å². The van der Waals surface area contributed by atoms with Gasteiger partial charge in [0.2, 0.25) is 0 Å². The molecule has 25 heavy (non-hydrogen) atoms. The van der Waals surface area contributed by atoms with Crippen molar-refractivity contribution >= 4 is 44.1 Å². The normalized spacial score (nSPS) is 16.2. The summed E-state index contributed by atoms with van der Waals surface area (Å²) in [5, 5.41) is 3.46. The van der Waals surface area contributed by atoms with Crippen LogP contribution in [-0.4, -0.2) is 23.5 Å². The lowest BCUT2D eigenvalue weighted by Crippen LogP contribution is -2.16. The summed E-state index contributed by atoms with van der Waals surface area (Å²) in [6.07, 6.45) is 5.93. The minimum absolute atomic E-state index is 0.286. The Balaban J connectivity index is 1.94. The molecular formula is C18H19BrN2O3S. The third kappa shape index (κ3) is 3.93.